The standard InChI is InChI=1S/C16H22F2N2O2.ClH/c1-10(11-5-7-13(8-6-11)22-16(17)18)20-15(21)14-4-2-3-12(14)9-19;/h5-8,10,12,14,16H,2-4,9,19H2,1H3,(H,20,21);1H/t10?,12-,14-;/m1./s1. The molecule has 23 heavy (non-hydrogen) atoms. The molecule has 0 aromatic heterocycles. The number of carbonyl (C=O) groups is 1. The summed E-state index contributed by atoms with van der Waals surface area (Å²) in [6.07, 6.45) is 2.91. The lowest BCUT2D eigenvalue weighted by molar-refractivity contribution is -0.126. The van der Waals surface area contributed by atoms with Gasteiger partial charge in [0, 0.05) is 5.92 Å². The monoisotopic (exact) mass is 348 g/mol. The Hall–Kier alpha value is -1.40. The van der Waals surface area contributed by atoms with Crippen LogP contribution in [0.3, 0.4) is 0 Å². The largest absolute Gasteiger partial charge is 0.435 e. The maximum atomic E-state index is 12.3. The Labute approximate surface area is 141 Å². The van der Waals surface area contributed by atoms with E-state index in [-0.39, 0.29) is 41.9 Å². The third-order valence-corrected chi connectivity index (χ3v) is 4.26. The van der Waals surface area contributed by atoms with E-state index < -0.39 is 6.61 Å². The summed E-state index contributed by atoms with van der Waals surface area (Å²) in [6, 6.07) is 6.12. The van der Waals surface area contributed by atoms with Crippen LogP contribution < -0.4 is 15.8 Å². The molecule has 0 saturated heterocycles. The number of rotatable bonds is 6. The minimum atomic E-state index is -2.83. The number of nitrogens with two attached hydrogens (primary N) is 1. The third kappa shape index (κ3) is 5.32. The van der Waals surface area contributed by atoms with Gasteiger partial charge in [0.05, 0.1) is 6.04 Å². The van der Waals surface area contributed by atoms with E-state index in [0.29, 0.717) is 6.54 Å². The van der Waals surface area contributed by atoms with Gasteiger partial charge in [-0.05, 0) is 49.9 Å². The summed E-state index contributed by atoms with van der Waals surface area (Å²) in [4.78, 5) is 12.3. The highest BCUT2D eigenvalue weighted by molar-refractivity contribution is 5.85. The van der Waals surface area contributed by atoms with Crippen molar-refractivity contribution < 1.29 is 18.3 Å². The first-order chi connectivity index (χ1) is 10.5. The molecule has 7 heteroatoms. The lowest BCUT2D eigenvalue weighted by atomic mass is 9.94. The first-order valence-corrected chi connectivity index (χ1v) is 7.56. The fourth-order valence-electron chi connectivity index (χ4n) is 3.01. The van der Waals surface area contributed by atoms with Crippen LogP contribution in [0.15, 0.2) is 24.3 Å². The molecule has 0 aliphatic heterocycles. The second-order valence-electron chi connectivity index (χ2n) is 5.71. The van der Waals surface area contributed by atoms with E-state index in [1.807, 2.05) is 6.92 Å². The van der Waals surface area contributed by atoms with Crippen molar-refractivity contribution in [3.05, 3.63) is 29.8 Å². The highest BCUT2D eigenvalue weighted by atomic mass is 35.5. The summed E-state index contributed by atoms with van der Waals surface area (Å²) in [5.74, 6) is 0.368. The van der Waals surface area contributed by atoms with E-state index >= 15 is 0 Å². The van der Waals surface area contributed by atoms with Crippen molar-refractivity contribution in [3.63, 3.8) is 0 Å². The number of nitrogens with one attached hydrogen (secondary N) is 1. The molecular weight excluding hydrogens is 326 g/mol. The zero-order chi connectivity index (χ0) is 16.1. The molecule has 1 saturated carbocycles. The summed E-state index contributed by atoms with van der Waals surface area (Å²) in [5, 5.41) is 2.98. The number of hydrogen-bond acceptors (Lipinski definition) is 3. The molecule has 0 bridgehead atoms. The van der Waals surface area contributed by atoms with E-state index in [2.05, 4.69) is 10.1 Å². The molecule has 2 rings (SSSR count). The lowest BCUT2D eigenvalue weighted by Gasteiger charge is -2.21. The predicted octanol–water partition coefficient (Wildman–Crippen LogP) is 3.26. The van der Waals surface area contributed by atoms with Gasteiger partial charge in [-0.15, -0.1) is 12.4 Å². The Bertz CT molecular complexity index is 499. The Morgan fingerprint density at radius 1 is 1.35 bits per heavy atom. The number of carbonyl (C=O) groups excluding carboxylic acids is 1. The van der Waals surface area contributed by atoms with Crippen molar-refractivity contribution in [2.45, 2.75) is 38.8 Å². The molecular formula is C16H23ClF2N2O2. The van der Waals surface area contributed by atoms with Crippen molar-refractivity contribution in [1.29, 1.82) is 0 Å². The molecule has 4 nitrogen and oxygen atoms in total. The van der Waals surface area contributed by atoms with Gasteiger partial charge in [0.1, 0.15) is 5.75 Å². The van der Waals surface area contributed by atoms with Crippen LogP contribution in [0.2, 0.25) is 0 Å². The summed E-state index contributed by atoms with van der Waals surface area (Å²) in [5.41, 5.74) is 6.55. The molecule has 3 atom stereocenters. The van der Waals surface area contributed by atoms with Crippen molar-refractivity contribution >= 4 is 18.3 Å². The molecule has 1 aromatic rings. The van der Waals surface area contributed by atoms with Crippen LogP contribution in [-0.2, 0) is 4.79 Å². The van der Waals surface area contributed by atoms with Gasteiger partial charge in [-0.2, -0.15) is 8.78 Å². The van der Waals surface area contributed by atoms with Gasteiger partial charge < -0.3 is 15.8 Å². The molecule has 1 aromatic carbocycles. The fourth-order valence-corrected chi connectivity index (χ4v) is 3.01. The summed E-state index contributed by atoms with van der Waals surface area (Å²) >= 11 is 0. The van der Waals surface area contributed by atoms with Gasteiger partial charge in [0.15, 0.2) is 0 Å². The molecule has 0 spiro atoms. The Balaban J connectivity index is 0.00000264. The molecule has 130 valence electrons. The first kappa shape index (κ1) is 19.6. The van der Waals surface area contributed by atoms with Gasteiger partial charge in [-0.1, -0.05) is 18.6 Å². The summed E-state index contributed by atoms with van der Waals surface area (Å²) in [6.45, 7) is -0.432. The zero-order valence-electron chi connectivity index (χ0n) is 13.0. The van der Waals surface area contributed by atoms with E-state index in [9.17, 15) is 13.6 Å². The van der Waals surface area contributed by atoms with Gasteiger partial charge in [-0.3, -0.25) is 4.79 Å². The van der Waals surface area contributed by atoms with E-state index in [1.54, 1.807) is 12.1 Å². The molecule has 0 heterocycles. The average Bonchev–Trinajstić information content (AvgIpc) is 2.95. The SMILES string of the molecule is CC(NC(=O)[C@@H]1CCC[C@@H]1CN)c1ccc(OC(F)F)cc1.Cl. The van der Waals surface area contributed by atoms with Crippen LogP contribution >= 0.6 is 12.4 Å². The van der Waals surface area contributed by atoms with Crippen LogP contribution in [0, 0.1) is 11.8 Å². The Kier molecular flexibility index (Phi) is 7.72. The highest BCUT2D eigenvalue weighted by Crippen LogP contribution is 2.31. The van der Waals surface area contributed by atoms with Crippen molar-refractivity contribution in [1.82, 2.24) is 5.32 Å². The van der Waals surface area contributed by atoms with Gasteiger partial charge in [0.2, 0.25) is 5.91 Å². The van der Waals surface area contributed by atoms with Gasteiger partial charge in [0.25, 0.3) is 0 Å². The van der Waals surface area contributed by atoms with Crippen molar-refractivity contribution in [2.24, 2.45) is 17.6 Å². The topological polar surface area (TPSA) is 64.4 Å². The third-order valence-electron chi connectivity index (χ3n) is 4.26. The number of benzene rings is 1. The highest BCUT2D eigenvalue weighted by Gasteiger charge is 2.32. The lowest BCUT2D eigenvalue weighted by Crippen LogP contribution is -2.36. The van der Waals surface area contributed by atoms with E-state index in [4.69, 9.17) is 5.73 Å². The number of ether oxygens (including phenoxy) is 1. The number of halogens is 3. The Morgan fingerprint density at radius 3 is 2.57 bits per heavy atom. The summed E-state index contributed by atoms with van der Waals surface area (Å²) in [7, 11) is 0. The van der Waals surface area contributed by atoms with Crippen LogP contribution in [0.25, 0.3) is 0 Å². The maximum Gasteiger partial charge on any atom is 0.387 e. The van der Waals surface area contributed by atoms with Crippen LogP contribution in [0.4, 0.5) is 8.78 Å². The van der Waals surface area contributed by atoms with Crippen LogP contribution in [0.1, 0.15) is 37.8 Å². The summed E-state index contributed by atoms with van der Waals surface area (Å²) < 4.78 is 28.5. The van der Waals surface area contributed by atoms with Crippen LogP contribution in [0.5, 0.6) is 5.75 Å². The van der Waals surface area contributed by atoms with Crippen LogP contribution in [-0.4, -0.2) is 19.1 Å². The zero-order valence-corrected chi connectivity index (χ0v) is 13.8. The molecule has 1 aliphatic rings. The molecule has 1 fully saturated rings. The van der Waals surface area contributed by atoms with Crippen molar-refractivity contribution in [2.75, 3.05) is 6.54 Å². The van der Waals surface area contributed by atoms with Gasteiger partial charge >= 0.3 is 6.61 Å². The molecule has 0 radical (unpaired) electrons. The second-order valence-corrected chi connectivity index (χ2v) is 5.71. The quantitative estimate of drug-likeness (QED) is 0.829. The predicted molar refractivity (Wildman–Crippen MR) is 86.8 cm³/mol. The number of amides is 1. The smallest absolute Gasteiger partial charge is 0.387 e. The van der Waals surface area contributed by atoms with Gasteiger partial charge in [-0.25, -0.2) is 0 Å². The molecule has 1 unspecified atom stereocenters. The van der Waals surface area contributed by atoms with E-state index in [0.717, 1.165) is 24.8 Å². The Morgan fingerprint density at radius 2 is 2.00 bits per heavy atom. The number of alkyl halides is 2. The second kappa shape index (κ2) is 9.03. The maximum absolute atomic E-state index is 12.3. The molecule has 1 amide bonds. The number of hydrogen-bond donors (Lipinski definition) is 2. The fraction of sp³-hybridized carbons (Fsp3) is 0.562. The minimum Gasteiger partial charge on any atom is -0.435 e. The molecule has 3 N–H and O–H groups in total. The normalized spacial score (nSPS) is 21.6. The van der Waals surface area contributed by atoms with Crippen molar-refractivity contribution in [3.8, 4) is 5.75 Å². The average molecular weight is 349 g/mol. The first-order valence-electron chi connectivity index (χ1n) is 7.56. The minimum absolute atomic E-state index is 0. The molecule has 1 aliphatic carbocycles. The van der Waals surface area contributed by atoms with E-state index in [1.165, 1.54) is 12.1 Å².